The third-order valence-corrected chi connectivity index (χ3v) is 5.98. The van der Waals surface area contributed by atoms with Crippen molar-refractivity contribution in [2.24, 2.45) is 0 Å². The molecule has 4 heteroatoms. The molecule has 3 aliphatic rings. The van der Waals surface area contributed by atoms with E-state index < -0.39 is 0 Å². The van der Waals surface area contributed by atoms with E-state index in [0.717, 1.165) is 37.8 Å². The molecule has 0 saturated heterocycles. The van der Waals surface area contributed by atoms with Gasteiger partial charge in [-0.15, -0.1) is 0 Å². The number of benzene rings is 1. The molecule has 2 atom stereocenters. The highest BCUT2D eigenvalue weighted by molar-refractivity contribution is 5.91. The van der Waals surface area contributed by atoms with Crippen LogP contribution in [0.15, 0.2) is 18.2 Å². The van der Waals surface area contributed by atoms with Crippen molar-refractivity contribution in [1.29, 1.82) is 0 Å². The van der Waals surface area contributed by atoms with E-state index in [2.05, 4.69) is 11.9 Å². The largest absolute Gasteiger partial charge is 0.504 e. The molecule has 2 aliphatic carbocycles. The highest BCUT2D eigenvalue weighted by Gasteiger charge is 2.45. The number of hydrogen-bond acceptors (Lipinski definition) is 4. The van der Waals surface area contributed by atoms with Gasteiger partial charge in [0.25, 0.3) is 0 Å². The summed E-state index contributed by atoms with van der Waals surface area (Å²) in [7, 11) is 3.77. The maximum atomic E-state index is 11.7. The second-order valence-corrected chi connectivity index (χ2v) is 7.12. The molecule has 4 nitrogen and oxygen atoms in total. The Morgan fingerprint density at radius 1 is 1.35 bits per heavy atom. The van der Waals surface area contributed by atoms with E-state index in [9.17, 15) is 9.90 Å². The van der Waals surface area contributed by atoms with Crippen LogP contribution in [0, 0.1) is 0 Å². The number of likely N-dealkylation sites (N-methyl/N-ethyl adjacent to an activating group) is 1. The van der Waals surface area contributed by atoms with Crippen molar-refractivity contribution >= 4 is 5.78 Å². The zero-order valence-electron chi connectivity index (χ0n) is 13.8. The van der Waals surface area contributed by atoms with Gasteiger partial charge in [0.15, 0.2) is 17.3 Å². The predicted octanol–water partition coefficient (Wildman–Crippen LogP) is 2.88. The zero-order valence-corrected chi connectivity index (χ0v) is 13.8. The number of fused-ring (bicyclic) bond motifs is 1. The predicted molar refractivity (Wildman–Crippen MR) is 88.0 cm³/mol. The van der Waals surface area contributed by atoms with E-state index >= 15 is 0 Å². The van der Waals surface area contributed by atoms with Crippen LogP contribution < -0.4 is 4.74 Å². The Hall–Kier alpha value is -1.81. The molecule has 1 aliphatic heterocycles. The van der Waals surface area contributed by atoms with Crippen LogP contribution >= 0.6 is 0 Å². The van der Waals surface area contributed by atoms with Gasteiger partial charge in [0.2, 0.25) is 0 Å². The maximum absolute atomic E-state index is 11.7. The van der Waals surface area contributed by atoms with Crippen LogP contribution in [0.3, 0.4) is 0 Å². The number of aromatic hydroxyl groups is 1. The average Bonchev–Trinajstić information content (AvgIpc) is 2.56. The first-order valence-electron chi connectivity index (χ1n) is 8.41. The van der Waals surface area contributed by atoms with Crippen molar-refractivity contribution in [2.75, 3.05) is 20.7 Å². The lowest BCUT2D eigenvalue weighted by molar-refractivity contribution is -0.115. The molecule has 23 heavy (non-hydrogen) atoms. The van der Waals surface area contributed by atoms with Crippen LogP contribution in [0.5, 0.6) is 11.5 Å². The Morgan fingerprint density at radius 2 is 2.17 bits per heavy atom. The Morgan fingerprint density at radius 3 is 2.87 bits per heavy atom. The normalized spacial score (nSPS) is 29.7. The van der Waals surface area contributed by atoms with Crippen molar-refractivity contribution in [2.45, 2.75) is 43.6 Å². The van der Waals surface area contributed by atoms with Gasteiger partial charge in [-0.2, -0.15) is 0 Å². The van der Waals surface area contributed by atoms with Gasteiger partial charge in [-0.25, -0.2) is 0 Å². The second-order valence-electron chi connectivity index (χ2n) is 7.12. The van der Waals surface area contributed by atoms with Crippen LogP contribution in [-0.4, -0.2) is 36.5 Å². The van der Waals surface area contributed by atoms with Gasteiger partial charge in [0.1, 0.15) is 0 Å². The summed E-state index contributed by atoms with van der Waals surface area (Å²) in [5.74, 6) is 1.02. The Balaban J connectivity index is 1.99. The van der Waals surface area contributed by atoms with Crippen LogP contribution in [0.4, 0.5) is 0 Å². The molecular formula is C19H23NO3. The summed E-state index contributed by atoms with van der Waals surface area (Å²) in [4.78, 5) is 14.1. The first-order valence-corrected chi connectivity index (χ1v) is 8.41. The molecule has 1 aromatic rings. The molecule has 4 rings (SSSR count). The van der Waals surface area contributed by atoms with Crippen molar-refractivity contribution in [3.63, 3.8) is 0 Å². The molecule has 1 heterocycles. The fourth-order valence-electron chi connectivity index (χ4n) is 4.70. The fourth-order valence-corrected chi connectivity index (χ4v) is 4.70. The fraction of sp³-hybridized carbons (Fsp3) is 0.526. The summed E-state index contributed by atoms with van der Waals surface area (Å²) >= 11 is 0. The smallest absolute Gasteiger partial charge is 0.162 e. The summed E-state index contributed by atoms with van der Waals surface area (Å²) in [6.07, 6.45) is 8.11. The number of carbonyl (C=O) groups excluding carboxylic acids is 1. The number of allylic oxidation sites excluding steroid dienone is 2. The average molecular weight is 313 g/mol. The molecule has 0 saturated carbocycles. The third-order valence-electron chi connectivity index (χ3n) is 5.98. The monoisotopic (exact) mass is 313 g/mol. The molecule has 1 aromatic carbocycles. The molecule has 0 bridgehead atoms. The third kappa shape index (κ3) is 2.04. The SMILES string of the molecule is COc1cc2c3c(c1O)[C@]1(C=CC(=O)CC1)CC[C@H]3N(C)CC2. The van der Waals surface area contributed by atoms with Crippen LogP contribution in [0.1, 0.15) is 48.4 Å². The number of hydrogen-bond donors (Lipinski definition) is 1. The standard InChI is InChI=1S/C19H23NO3/c1-20-10-6-12-11-15(23-2)18(22)17-16(12)14(20)5-9-19(17)7-3-13(21)4-8-19/h3,7,11,14,22H,4-6,8-10H2,1-2H3/t14-,19+/m1/s1. The van der Waals surface area contributed by atoms with Crippen molar-refractivity contribution in [3.05, 3.63) is 34.9 Å². The highest BCUT2D eigenvalue weighted by Crippen LogP contribution is 2.56. The van der Waals surface area contributed by atoms with E-state index in [1.165, 1.54) is 11.1 Å². The van der Waals surface area contributed by atoms with Gasteiger partial charge >= 0.3 is 0 Å². The summed E-state index contributed by atoms with van der Waals surface area (Å²) in [5, 5.41) is 10.9. The summed E-state index contributed by atoms with van der Waals surface area (Å²) < 4.78 is 5.44. The van der Waals surface area contributed by atoms with E-state index in [-0.39, 0.29) is 16.9 Å². The molecule has 0 fully saturated rings. The number of phenols is 1. The lowest BCUT2D eigenvalue weighted by Crippen LogP contribution is -2.41. The van der Waals surface area contributed by atoms with E-state index in [0.29, 0.717) is 18.2 Å². The van der Waals surface area contributed by atoms with Crippen molar-refractivity contribution in [3.8, 4) is 11.5 Å². The van der Waals surface area contributed by atoms with E-state index in [1.54, 1.807) is 13.2 Å². The van der Waals surface area contributed by atoms with Gasteiger partial charge in [-0.1, -0.05) is 6.08 Å². The Kier molecular flexibility index (Phi) is 3.27. The number of methoxy groups -OCH3 is 1. The van der Waals surface area contributed by atoms with Gasteiger partial charge < -0.3 is 9.84 Å². The minimum absolute atomic E-state index is 0.186. The Bertz CT molecular complexity index is 709. The van der Waals surface area contributed by atoms with Gasteiger partial charge in [0, 0.05) is 30.0 Å². The highest BCUT2D eigenvalue weighted by atomic mass is 16.5. The number of nitrogens with zero attached hydrogens (tertiary/aromatic N) is 1. The Labute approximate surface area is 136 Å². The lowest BCUT2D eigenvalue weighted by Gasteiger charge is -2.47. The molecule has 122 valence electrons. The molecule has 0 unspecified atom stereocenters. The topological polar surface area (TPSA) is 49.8 Å². The summed E-state index contributed by atoms with van der Waals surface area (Å²) in [5.41, 5.74) is 3.37. The van der Waals surface area contributed by atoms with Crippen LogP contribution in [-0.2, 0) is 16.6 Å². The van der Waals surface area contributed by atoms with Gasteiger partial charge in [-0.3, -0.25) is 9.69 Å². The van der Waals surface area contributed by atoms with E-state index in [1.807, 2.05) is 12.1 Å². The molecule has 0 aromatic heterocycles. The summed E-state index contributed by atoms with van der Waals surface area (Å²) in [6, 6.07) is 2.37. The van der Waals surface area contributed by atoms with Crippen molar-refractivity contribution < 1.29 is 14.6 Å². The number of ether oxygens (including phenoxy) is 1. The minimum Gasteiger partial charge on any atom is -0.504 e. The molecular weight excluding hydrogens is 290 g/mol. The quantitative estimate of drug-likeness (QED) is 0.866. The maximum Gasteiger partial charge on any atom is 0.162 e. The number of carbonyl (C=O) groups is 1. The second kappa shape index (κ2) is 5.10. The number of phenolic OH excluding ortho intramolecular Hbond substituents is 1. The van der Waals surface area contributed by atoms with Gasteiger partial charge in [-0.05, 0) is 56.0 Å². The van der Waals surface area contributed by atoms with E-state index in [4.69, 9.17) is 4.74 Å². The van der Waals surface area contributed by atoms with Gasteiger partial charge in [0.05, 0.1) is 7.11 Å². The first kappa shape index (κ1) is 14.8. The van der Waals surface area contributed by atoms with Crippen LogP contribution in [0.2, 0.25) is 0 Å². The summed E-state index contributed by atoms with van der Waals surface area (Å²) in [6.45, 7) is 1.03. The molecule has 0 amide bonds. The first-order chi connectivity index (χ1) is 11.1. The number of ketones is 1. The zero-order chi connectivity index (χ0) is 16.2. The molecule has 1 N–H and O–H groups in total. The number of rotatable bonds is 1. The van der Waals surface area contributed by atoms with Crippen LogP contribution in [0.25, 0.3) is 0 Å². The van der Waals surface area contributed by atoms with Crippen molar-refractivity contribution in [1.82, 2.24) is 4.90 Å². The minimum atomic E-state index is -0.217. The molecule has 1 spiro atoms. The lowest BCUT2D eigenvalue weighted by atomic mass is 9.62. The molecule has 0 radical (unpaired) electrons.